The van der Waals surface area contributed by atoms with E-state index in [1.165, 1.54) is 6.08 Å². The summed E-state index contributed by atoms with van der Waals surface area (Å²) in [6.07, 6.45) is 8.03. The monoisotopic (exact) mass is 416 g/mol. The SMILES string of the molecule is C[N+](C)(C)CC(CC(=O)O)OC(=O)/C=C/CC(O)CCCCCCCCC(=O)O. The molecule has 0 aliphatic rings. The minimum atomic E-state index is -1.02. The van der Waals surface area contributed by atoms with Crippen LogP contribution in [-0.2, 0) is 19.1 Å². The molecule has 0 saturated heterocycles. The summed E-state index contributed by atoms with van der Waals surface area (Å²) in [5.74, 6) is -2.37. The highest BCUT2D eigenvalue weighted by Crippen LogP contribution is 2.12. The number of quaternary nitrogens is 1. The molecule has 0 aliphatic carbocycles. The summed E-state index contributed by atoms with van der Waals surface area (Å²) in [7, 11) is 5.68. The molecular formula is C21H38NO7+. The first-order valence-electron chi connectivity index (χ1n) is 10.3. The lowest BCUT2D eigenvalue weighted by atomic mass is 10.0. The molecule has 3 N–H and O–H groups in total. The first-order chi connectivity index (χ1) is 13.5. The molecule has 0 fully saturated rings. The van der Waals surface area contributed by atoms with Gasteiger partial charge < -0.3 is 24.5 Å². The average molecular weight is 417 g/mol. The van der Waals surface area contributed by atoms with Crippen LogP contribution in [0.25, 0.3) is 0 Å². The zero-order chi connectivity index (χ0) is 22.3. The van der Waals surface area contributed by atoms with Crippen LogP contribution in [0.2, 0.25) is 0 Å². The Balaban J connectivity index is 3.99. The Morgan fingerprint density at radius 3 is 2.07 bits per heavy atom. The van der Waals surface area contributed by atoms with E-state index in [0.29, 0.717) is 30.3 Å². The van der Waals surface area contributed by atoms with Crippen LogP contribution in [0.5, 0.6) is 0 Å². The van der Waals surface area contributed by atoms with Gasteiger partial charge in [0.25, 0.3) is 0 Å². The molecule has 0 bridgehead atoms. The van der Waals surface area contributed by atoms with E-state index in [2.05, 4.69) is 0 Å². The van der Waals surface area contributed by atoms with E-state index < -0.39 is 30.1 Å². The maximum Gasteiger partial charge on any atom is 0.330 e. The maximum atomic E-state index is 11.9. The van der Waals surface area contributed by atoms with Gasteiger partial charge in [-0.2, -0.15) is 0 Å². The van der Waals surface area contributed by atoms with Gasteiger partial charge in [0.2, 0.25) is 0 Å². The number of aliphatic hydroxyl groups is 1. The van der Waals surface area contributed by atoms with Gasteiger partial charge in [-0.1, -0.05) is 38.2 Å². The Hall–Kier alpha value is -1.93. The predicted octanol–water partition coefficient (Wildman–Crippen LogP) is 2.59. The minimum absolute atomic E-state index is 0.222. The molecule has 0 aromatic rings. The van der Waals surface area contributed by atoms with Gasteiger partial charge in [-0.25, -0.2) is 4.79 Å². The molecule has 0 heterocycles. The first kappa shape index (κ1) is 27.1. The lowest BCUT2D eigenvalue weighted by molar-refractivity contribution is -0.873. The van der Waals surface area contributed by atoms with Crippen molar-refractivity contribution in [2.24, 2.45) is 0 Å². The number of hydrogen-bond acceptors (Lipinski definition) is 5. The summed E-state index contributed by atoms with van der Waals surface area (Å²) in [6.45, 7) is 0.394. The van der Waals surface area contributed by atoms with Gasteiger partial charge >= 0.3 is 17.9 Å². The van der Waals surface area contributed by atoms with E-state index in [4.69, 9.17) is 14.9 Å². The van der Waals surface area contributed by atoms with Crippen LogP contribution in [0.4, 0.5) is 0 Å². The molecule has 0 spiro atoms. The summed E-state index contributed by atoms with van der Waals surface area (Å²) in [6, 6.07) is 0. The Morgan fingerprint density at radius 2 is 1.52 bits per heavy atom. The van der Waals surface area contributed by atoms with Crippen LogP contribution in [0.15, 0.2) is 12.2 Å². The Kier molecular flexibility index (Phi) is 14.0. The fourth-order valence-corrected chi connectivity index (χ4v) is 2.96. The largest absolute Gasteiger partial charge is 0.481 e. The van der Waals surface area contributed by atoms with Gasteiger partial charge in [0.05, 0.1) is 33.7 Å². The van der Waals surface area contributed by atoms with E-state index in [-0.39, 0.29) is 12.8 Å². The van der Waals surface area contributed by atoms with E-state index in [1.807, 2.05) is 21.1 Å². The van der Waals surface area contributed by atoms with E-state index in [9.17, 15) is 19.5 Å². The molecule has 2 unspecified atom stereocenters. The molecule has 0 saturated carbocycles. The van der Waals surface area contributed by atoms with Crippen molar-refractivity contribution in [1.29, 1.82) is 0 Å². The smallest absolute Gasteiger partial charge is 0.330 e. The summed E-state index contributed by atoms with van der Waals surface area (Å²) in [4.78, 5) is 33.2. The number of likely N-dealkylation sites (N-methyl/N-ethyl adjacent to an activating group) is 1. The van der Waals surface area contributed by atoms with Gasteiger partial charge in [0.15, 0.2) is 6.10 Å². The topological polar surface area (TPSA) is 121 Å². The molecule has 0 aromatic carbocycles. The molecule has 0 rings (SSSR count). The number of carboxylic acids is 2. The molecule has 168 valence electrons. The molecule has 0 radical (unpaired) electrons. The highest BCUT2D eigenvalue weighted by molar-refractivity contribution is 5.82. The van der Waals surface area contributed by atoms with Crippen molar-refractivity contribution in [1.82, 2.24) is 0 Å². The highest BCUT2D eigenvalue weighted by Gasteiger charge is 2.24. The molecule has 8 nitrogen and oxygen atoms in total. The van der Waals surface area contributed by atoms with Gasteiger partial charge in [0.1, 0.15) is 6.54 Å². The summed E-state index contributed by atoms with van der Waals surface area (Å²) >= 11 is 0. The third kappa shape index (κ3) is 19.2. The quantitative estimate of drug-likeness (QED) is 0.144. The average Bonchev–Trinajstić information content (AvgIpc) is 2.54. The third-order valence-electron chi connectivity index (χ3n) is 4.28. The van der Waals surface area contributed by atoms with E-state index in [1.54, 1.807) is 6.08 Å². The number of aliphatic hydroxyl groups excluding tert-OH is 1. The second-order valence-corrected chi connectivity index (χ2v) is 8.48. The van der Waals surface area contributed by atoms with Crippen LogP contribution >= 0.6 is 0 Å². The number of esters is 1. The molecule has 2 atom stereocenters. The second kappa shape index (κ2) is 15.0. The van der Waals surface area contributed by atoms with Crippen LogP contribution in [-0.4, -0.2) is 77.6 Å². The number of carboxylic acid groups (broad SMARTS) is 2. The van der Waals surface area contributed by atoms with Crippen LogP contribution in [0.3, 0.4) is 0 Å². The molecule has 0 amide bonds. The molecule has 0 aromatic heterocycles. The van der Waals surface area contributed by atoms with Crippen LogP contribution in [0.1, 0.15) is 64.2 Å². The maximum absolute atomic E-state index is 11.9. The normalized spacial score (nSPS) is 13.9. The number of aliphatic carboxylic acids is 2. The zero-order valence-corrected chi connectivity index (χ0v) is 18.0. The number of hydrogen-bond donors (Lipinski definition) is 3. The van der Waals surface area contributed by atoms with Crippen molar-refractivity contribution in [2.45, 2.75) is 76.4 Å². The van der Waals surface area contributed by atoms with Crippen molar-refractivity contribution in [2.75, 3.05) is 27.7 Å². The minimum Gasteiger partial charge on any atom is -0.481 e. The lowest BCUT2D eigenvalue weighted by Crippen LogP contribution is -2.43. The first-order valence-corrected chi connectivity index (χ1v) is 10.3. The van der Waals surface area contributed by atoms with E-state index >= 15 is 0 Å². The number of carbonyl (C=O) groups excluding carboxylic acids is 1. The van der Waals surface area contributed by atoms with Gasteiger partial charge in [-0.05, 0) is 19.3 Å². The number of nitrogens with zero attached hydrogens (tertiary/aromatic N) is 1. The zero-order valence-electron chi connectivity index (χ0n) is 18.0. The molecule has 29 heavy (non-hydrogen) atoms. The fraction of sp³-hybridized carbons (Fsp3) is 0.762. The van der Waals surface area contributed by atoms with Gasteiger partial charge in [-0.3, -0.25) is 9.59 Å². The van der Waals surface area contributed by atoms with Crippen molar-refractivity contribution in [3.8, 4) is 0 Å². The number of rotatable bonds is 17. The van der Waals surface area contributed by atoms with Crippen LogP contribution in [0, 0.1) is 0 Å². The van der Waals surface area contributed by atoms with Gasteiger partial charge in [0, 0.05) is 12.5 Å². The molecule has 8 heteroatoms. The highest BCUT2D eigenvalue weighted by atomic mass is 16.5. The molecule has 0 aliphatic heterocycles. The summed E-state index contributed by atoms with van der Waals surface area (Å²) in [5.41, 5.74) is 0. The Bertz CT molecular complexity index is 526. The Morgan fingerprint density at radius 1 is 0.931 bits per heavy atom. The second-order valence-electron chi connectivity index (χ2n) is 8.48. The van der Waals surface area contributed by atoms with Crippen LogP contribution < -0.4 is 0 Å². The summed E-state index contributed by atoms with van der Waals surface area (Å²) in [5, 5.41) is 27.5. The number of carbonyl (C=O) groups is 3. The van der Waals surface area contributed by atoms with Crippen molar-refractivity contribution < 1.29 is 38.9 Å². The predicted molar refractivity (Wildman–Crippen MR) is 109 cm³/mol. The third-order valence-corrected chi connectivity index (χ3v) is 4.28. The standard InChI is InChI=1S/C21H37NO7/c1-22(2,3)16-18(15-20(26)27)29-21(28)14-10-12-17(23)11-8-6-4-5-7-9-13-19(24)25/h10,14,17-18,23H,4-9,11-13,15-16H2,1-3H3,(H-,24,25,26,27)/p+1/b14-10+. The summed E-state index contributed by atoms with van der Waals surface area (Å²) < 4.78 is 5.72. The fourth-order valence-electron chi connectivity index (χ4n) is 2.96. The number of unbranched alkanes of at least 4 members (excludes halogenated alkanes) is 5. The van der Waals surface area contributed by atoms with E-state index in [0.717, 1.165) is 32.1 Å². The van der Waals surface area contributed by atoms with Gasteiger partial charge in [-0.15, -0.1) is 0 Å². The van der Waals surface area contributed by atoms with Crippen molar-refractivity contribution in [3.05, 3.63) is 12.2 Å². The molecular weight excluding hydrogens is 378 g/mol. The Labute approximate surface area is 173 Å². The number of ether oxygens (including phenoxy) is 1. The van der Waals surface area contributed by atoms with Crippen molar-refractivity contribution in [3.63, 3.8) is 0 Å². The van der Waals surface area contributed by atoms with Crippen molar-refractivity contribution >= 4 is 17.9 Å². The lowest BCUT2D eigenvalue weighted by Gasteiger charge is -2.28.